The highest BCUT2D eigenvalue weighted by atomic mass is 32.2. The van der Waals surface area contributed by atoms with Gasteiger partial charge in [-0.05, 0) is 47.9 Å². The molecule has 0 radical (unpaired) electrons. The predicted octanol–water partition coefficient (Wildman–Crippen LogP) is 3.71. The van der Waals surface area contributed by atoms with Gasteiger partial charge >= 0.3 is 6.09 Å². The molecule has 0 unspecified atom stereocenters. The molecule has 0 saturated carbocycles. The van der Waals surface area contributed by atoms with Gasteiger partial charge < -0.3 is 25.8 Å². The van der Waals surface area contributed by atoms with E-state index in [1.165, 1.54) is 14.0 Å². The molecule has 3 amide bonds. The van der Waals surface area contributed by atoms with E-state index in [1.807, 2.05) is 93.6 Å². The largest absolute Gasteiger partial charge is 0.453 e. The maximum atomic E-state index is 13.7. The minimum atomic E-state index is -3.42. The molecular weight excluding hydrogens is 632 g/mol. The fourth-order valence-electron chi connectivity index (χ4n) is 5.42. The number of pyridine rings is 1. The van der Waals surface area contributed by atoms with Crippen LogP contribution < -0.4 is 16.0 Å². The van der Waals surface area contributed by atoms with Gasteiger partial charge in [0.15, 0.2) is 0 Å². The highest BCUT2D eigenvalue weighted by molar-refractivity contribution is 7.90. The van der Waals surface area contributed by atoms with Crippen LogP contribution in [0.25, 0.3) is 11.3 Å². The summed E-state index contributed by atoms with van der Waals surface area (Å²) in [4.78, 5) is 43.4. The molecule has 0 bridgehead atoms. The Bertz CT molecular complexity index is 1590. The summed E-state index contributed by atoms with van der Waals surface area (Å²) in [7, 11) is -2.19. The van der Waals surface area contributed by atoms with Gasteiger partial charge in [0.1, 0.15) is 15.9 Å². The van der Waals surface area contributed by atoms with Gasteiger partial charge in [-0.15, -0.1) is 0 Å². The van der Waals surface area contributed by atoms with Crippen LogP contribution in [0.1, 0.15) is 45.2 Å². The third-order valence-electron chi connectivity index (χ3n) is 7.94. The summed E-state index contributed by atoms with van der Waals surface area (Å²) in [6.07, 6.45) is 1.55. The molecule has 3 rings (SSSR count). The summed E-state index contributed by atoms with van der Waals surface area (Å²) in [6.45, 7) is 6.98. The highest BCUT2D eigenvalue weighted by Gasteiger charge is 2.35. The number of ether oxygens (including phenoxy) is 1. The van der Waals surface area contributed by atoms with Gasteiger partial charge in [0.05, 0.1) is 30.7 Å². The molecular formula is C36H48N4O7S. The third-order valence-corrected chi connectivity index (χ3v) is 9.04. The monoisotopic (exact) mass is 680 g/mol. The van der Waals surface area contributed by atoms with Crippen molar-refractivity contribution in [2.24, 2.45) is 11.3 Å². The lowest BCUT2D eigenvalue weighted by Gasteiger charge is -2.33. The summed E-state index contributed by atoms with van der Waals surface area (Å²) in [5, 5.41) is 20.2. The number of nitrogens with one attached hydrogen (secondary N) is 3. The second-order valence-corrected chi connectivity index (χ2v) is 15.5. The Labute approximate surface area is 283 Å². The zero-order valence-corrected chi connectivity index (χ0v) is 29.3. The topological polar surface area (TPSA) is 164 Å². The van der Waals surface area contributed by atoms with Crippen molar-refractivity contribution in [3.05, 3.63) is 90.1 Å². The van der Waals surface area contributed by atoms with Crippen LogP contribution in [-0.2, 0) is 37.0 Å². The number of hydrogen-bond acceptors (Lipinski definition) is 8. The van der Waals surface area contributed by atoms with Crippen molar-refractivity contribution < 1.29 is 32.6 Å². The van der Waals surface area contributed by atoms with Gasteiger partial charge in [0.25, 0.3) is 0 Å². The van der Waals surface area contributed by atoms with E-state index in [0.717, 1.165) is 28.6 Å². The molecule has 4 N–H and O–H groups in total. The van der Waals surface area contributed by atoms with Crippen LogP contribution in [0.15, 0.2) is 79.0 Å². The van der Waals surface area contributed by atoms with Crippen molar-refractivity contribution in [1.29, 1.82) is 0 Å². The molecule has 3 aromatic rings. The molecule has 48 heavy (non-hydrogen) atoms. The first kappa shape index (κ1) is 38.2. The molecule has 1 heterocycles. The molecule has 0 aliphatic rings. The fourth-order valence-corrected chi connectivity index (χ4v) is 6.48. The summed E-state index contributed by atoms with van der Waals surface area (Å²) in [5.74, 6) is -2.13. The van der Waals surface area contributed by atoms with Gasteiger partial charge in [-0.25, -0.2) is 13.2 Å². The van der Waals surface area contributed by atoms with Gasteiger partial charge in [-0.2, -0.15) is 0 Å². The lowest BCUT2D eigenvalue weighted by Crippen LogP contribution is -2.56. The molecule has 1 aromatic heterocycles. The highest BCUT2D eigenvalue weighted by Crippen LogP contribution is 2.22. The fraction of sp³-hybridized carbons (Fsp3) is 0.444. The number of aliphatic hydroxyl groups excluding tert-OH is 1. The first-order valence-electron chi connectivity index (χ1n) is 15.9. The molecule has 0 saturated heterocycles. The average molecular weight is 681 g/mol. The van der Waals surface area contributed by atoms with E-state index in [2.05, 4.69) is 20.9 Å². The molecule has 12 heteroatoms. The van der Waals surface area contributed by atoms with Gasteiger partial charge in [0, 0.05) is 30.0 Å². The number of rotatable bonds is 15. The normalized spacial score (nSPS) is 14.9. The summed E-state index contributed by atoms with van der Waals surface area (Å²) < 4.78 is 28.5. The van der Waals surface area contributed by atoms with Crippen molar-refractivity contribution in [3.63, 3.8) is 0 Å². The number of aromatic nitrogens is 1. The number of carbonyl (C=O) groups excluding carboxylic acids is 3. The van der Waals surface area contributed by atoms with E-state index in [1.54, 1.807) is 6.20 Å². The van der Waals surface area contributed by atoms with E-state index < -0.39 is 63.3 Å². The third kappa shape index (κ3) is 12.4. The molecule has 260 valence electrons. The zero-order chi connectivity index (χ0) is 35.5. The Balaban J connectivity index is 1.91. The van der Waals surface area contributed by atoms with Crippen LogP contribution in [0.2, 0.25) is 0 Å². The zero-order valence-electron chi connectivity index (χ0n) is 28.5. The average Bonchev–Trinajstić information content (AvgIpc) is 3.02. The molecule has 0 aliphatic carbocycles. The minimum absolute atomic E-state index is 0.0427. The maximum absolute atomic E-state index is 13.7. The van der Waals surface area contributed by atoms with Gasteiger partial charge in [-0.3, -0.25) is 14.6 Å². The van der Waals surface area contributed by atoms with Crippen LogP contribution in [0, 0.1) is 11.3 Å². The van der Waals surface area contributed by atoms with Crippen LogP contribution >= 0.6 is 0 Å². The van der Waals surface area contributed by atoms with E-state index in [4.69, 9.17) is 4.74 Å². The number of hydrogen-bond donors (Lipinski definition) is 4. The van der Waals surface area contributed by atoms with Crippen LogP contribution in [0.5, 0.6) is 0 Å². The first-order chi connectivity index (χ1) is 22.6. The lowest BCUT2D eigenvalue weighted by atomic mass is 9.85. The number of nitrogens with zero attached hydrogens (tertiary/aromatic N) is 1. The summed E-state index contributed by atoms with van der Waals surface area (Å²) >= 11 is 0. The Hall–Kier alpha value is -4.29. The number of benzene rings is 2. The van der Waals surface area contributed by atoms with Crippen molar-refractivity contribution in [2.75, 3.05) is 19.1 Å². The van der Waals surface area contributed by atoms with Gasteiger partial charge in [-0.1, -0.05) is 88.4 Å². The molecule has 0 aliphatic heterocycles. The number of aliphatic hydroxyl groups is 1. The Morgan fingerprint density at radius 2 is 1.48 bits per heavy atom. The summed E-state index contributed by atoms with van der Waals surface area (Å²) in [6, 6.07) is 20.3. The molecule has 2 aromatic carbocycles. The Morgan fingerprint density at radius 1 is 0.854 bits per heavy atom. The summed E-state index contributed by atoms with van der Waals surface area (Å²) in [5.41, 5.74) is 2.80. The molecule has 11 nitrogen and oxygen atoms in total. The quantitative estimate of drug-likeness (QED) is 0.189. The smallest absolute Gasteiger partial charge is 0.407 e. The van der Waals surface area contributed by atoms with Crippen molar-refractivity contribution in [1.82, 2.24) is 20.9 Å². The van der Waals surface area contributed by atoms with E-state index in [0.29, 0.717) is 6.42 Å². The number of carbonyl (C=O) groups is 3. The van der Waals surface area contributed by atoms with E-state index >= 15 is 0 Å². The van der Waals surface area contributed by atoms with Crippen LogP contribution in [0.3, 0.4) is 0 Å². The Kier molecular flexibility index (Phi) is 13.7. The van der Waals surface area contributed by atoms with Gasteiger partial charge in [0.2, 0.25) is 11.8 Å². The second-order valence-electron chi connectivity index (χ2n) is 13.4. The lowest BCUT2D eigenvalue weighted by molar-refractivity contribution is -0.127. The minimum Gasteiger partial charge on any atom is -0.453 e. The standard InChI is InChI=1S/C36H48N4O7S/c1-24(23-48(6,45)46)33(42)39-30(21-25-12-8-7-9-13-25)31(41)22-28(38-34(43)32(36(2,3)4)40-35(44)47-5)20-26-15-17-27(18-16-26)29-14-10-11-19-37-29/h7-19,24,28,30-32,41H,20-23H2,1-6H3,(H,38,43)(H,39,42)(H,40,44)/t24-,28+,30+,31+,32-/m1/s1. The van der Waals surface area contributed by atoms with E-state index in [9.17, 15) is 27.9 Å². The van der Waals surface area contributed by atoms with Crippen molar-refractivity contribution in [3.8, 4) is 11.3 Å². The van der Waals surface area contributed by atoms with E-state index in [-0.39, 0.29) is 18.6 Å². The molecule has 5 atom stereocenters. The SMILES string of the molecule is COC(=O)N[C@H](C(=O)N[C@@H](Cc1ccc(-c2ccccn2)cc1)C[C@H](O)[C@H](Cc1ccccc1)NC(=O)[C@H](C)CS(C)(=O)=O)C(C)(C)C. The molecule has 0 fully saturated rings. The number of methoxy groups -OCH3 is 1. The number of alkyl carbamates (subject to hydrolysis) is 1. The van der Waals surface area contributed by atoms with Crippen LogP contribution in [0.4, 0.5) is 4.79 Å². The molecule has 0 spiro atoms. The first-order valence-corrected chi connectivity index (χ1v) is 18.0. The second kappa shape index (κ2) is 17.2. The number of sulfone groups is 1. The maximum Gasteiger partial charge on any atom is 0.407 e. The predicted molar refractivity (Wildman–Crippen MR) is 186 cm³/mol. The Morgan fingerprint density at radius 3 is 2.04 bits per heavy atom. The van der Waals surface area contributed by atoms with Crippen molar-refractivity contribution >= 4 is 27.7 Å². The van der Waals surface area contributed by atoms with Crippen LogP contribution in [-0.4, -0.2) is 79.8 Å². The number of amides is 3. The van der Waals surface area contributed by atoms with Crippen molar-refractivity contribution in [2.45, 2.75) is 71.2 Å².